The van der Waals surface area contributed by atoms with Gasteiger partial charge < -0.3 is 5.32 Å². The van der Waals surface area contributed by atoms with Crippen LogP contribution in [0.2, 0.25) is 0 Å². The maximum absolute atomic E-state index is 4.38. The second-order valence-corrected chi connectivity index (χ2v) is 5.75. The lowest BCUT2D eigenvalue weighted by Crippen LogP contribution is -2.33. The molecule has 21 heavy (non-hydrogen) atoms. The Hall–Kier alpha value is -1.61. The molecular formula is C18H27N3. The quantitative estimate of drug-likeness (QED) is 0.806. The van der Waals surface area contributed by atoms with Gasteiger partial charge in [-0.2, -0.15) is 5.10 Å². The summed E-state index contributed by atoms with van der Waals surface area (Å²) in [4.78, 5) is 0. The zero-order valence-electron chi connectivity index (χ0n) is 13.5. The first-order valence-electron chi connectivity index (χ1n) is 8.01. The number of hydrogen-bond donors (Lipinski definition) is 1. The van der Waals surface area contributed by atoms with E-state index in [1.54, 1.807) is 0 Å². The van der Waals surface area contributed by atoms with Gasteiger partial charge in [0.1, 0.15) is 0 Å². The van der Waals surface area contributed by atoms with E-state index in [0.717, 1.165) is 25.9 Å². The second kappa shape index (κ2) is 7.99. The zero-order chi connectivity index (χ0) is 15.1. The minimum Gasteiger partial charge on any atom is -0.313 e. The van der Waals surface area contributed by atoms with Gasteiger partial charge in [-0.25, -0.2) is 0 Å². The topological polar surface area (TPSA) is 29.9 Å². The fourth-order valence-corrected chi connectivity index (χ4v) is 2.66. The normalized spacial score (nSPS) is 12.5. The molecule has 1 aromatic carbocycles. The van der Waals surface area contributed by atoms with Crippen molar-refractivity contribution < 1.29 is 0 Å². The third-order valence-electron chi connectivity index (χ3n) is 3.74. The van der Waals surface area contributed by atoms with Crippen LogP contribution in [-0.4, -0.2) is 22.4 Å². The average molecular weight is 285 g/mol. The number of aromatic nitrogens is 2. The highest BCUT2D eigenvalue weighted by molar-refractivity contribution is 5.23. The summed E-state index contributed by atoms with van der Waals surface area (Å²) in [6, 6.07) is 9.29. The van der Waals surface area contributed by atoms with Crippen LogP contribution >= 0.6 is 0 Å². The number of nitrogens with zero attached hydrogens (tertiary/aromatic N) is 2. The Balaban J connectivity index is 2.03. The van der Waals surface area contributed by atoms with Gasteiger partial charge in [-0.05, 0) is 50.8 Å². The van der Waals surface area contributed by atoms with E-state index in [1.807, 2.05) is 10.9 Å². The van der Waals surface area contributed by atoms with E-state index in [1.165, 1.54) is 23.1 Å². The highest BCUT2D eigenvalue weighted by Crippen LogP contribution is 2.11. The molecule has 0 saturated carbocycles. The molecule has 0 fully saturated rings. The number of rotatable bonds is 8. The van der Waals surface area contributed by atoms with Gasteiger partial charge in [-0.3, -0.25) is 4.68 Å². The molecule has 1 unspecified atom stereocenters. The van der Waals surface area contributed by atoms with E-state index in [2.05, 4.69) is 61.6 Å². The van der Waals surface area contributed by atoms with Gasteiger partial charge >= 0.3 is 0 Å². The SMILES string of the molecule is CCCNC(Cc1cccc(C)c1)Cc1cnn(CC)c1. The van der Waals surface area contributed by atoms with Gasteiger partial charge in [0.15, 0.2) is 0 Å². The summed E-state index contributed by atoms with van der Waals surface area (Å²) in [6.07, 6.45) is 7.43. The Kier molecular flexibility index (Phi) is 6.00. The molecule has 0 aliphatic carbocycles. The zero-order valence-corrected chi connectivity index (χ0v) is 13.5. The van der Waals surface area contributed by atoms with Gasteiger partial charge in [-0.15, -0.1) is 0 Å². The third-order valence-corrected chi connectivity index (χ3v) is 3.74. The molecule has 1 aromatic heterocycles. The summed E-state index contributed by atoms with van der Waals surface area (Å²) < 4.78 is 2.00. The lowest BCUT2D eigenvalue weighted by Gasteiger charge is -2.18. The number of aryl methyl sites for hydroxylation is 2. The van der Waals surface area contributed by atoms with Crippen LogP contribution in [0.25, 0.3) is 0 Å². The van der Waals surface area contributed by atoms with Crippen LogP contribution in [0, 0.1) is 6.92 Å². The van der Waals surface area contributed by atoms with Crippen molar-refractivity contribution in [1.82, 2.24) is 15.1 Å². The van der Waals surface area contributed by atoms with E-state index >= 15 is 0 Å². The van der Waals surface area contributed by atoms with Crippen LogP contribution in [0.5, 0.6) is 0 Å². The first kappa shape index (κ1) is 15.8. The number of hydrogen-bond acceptors (Lipinski definition) is 2. The first-order valence-corrected chi connectivity index (χ1v) is 8.01. The fourth-order valence-electron chi connectivity index (χ4n) is 2.66. The van der Waals surface area contributed by atoms with Crippen LogP contribution in [0.15, 0.2) is 36.7 Å². The summed E-state index contributed by atoms with van der Waals surface area (Å²) in [7, 11) is 0. The van der Waals surface area contributed by atoms with Crippen molar-refractivity contribution in [3.63, 3.8) is 0 Å². The summed E-state index contributed by atoms with van der Waals surface area (Å²) in [6.45, 7) is 8.49. The highest BCUT2D eigenvalue weighted by Gasteiger charge is 2.11. The lowest BCUT2D eigenvalue weighted by atomic mass is 9.99. The van der Waals surface area contributed by atoms with Crippen molar-refractivity contribution in [2.24, 2.45) is 0 Å². The molecule has 1 heterocycles. The molecule has 1 N–H and O–H groups in total. The summed E-state index contributed by atoms with van der Waals surface area (Å²) in [5.74, 6) is 0. The maximum atomic E-state index is 4.38. The van der Waals surface area contributed by atoms with Gasteiger partial charge in [0.05, 0.1) is 6.20 Å². The molecule has 0 radical (unpaired) electrons. The number of benzene rings is 1. The van der Waals surface area contributed by atoms with Gasteiger partial charge in [-0.1, -0.05) is 36.8 Å². The fraction of sp³-hybridized carbons (Fsp3) is 0.500. The van der Waals surface area contributed by atoms with Crippen molar-refractivity contribution in [2.45, 2.75) is 52.6 Å². The molecule has 0 aliphatic heterocycles. The first-order chi connectivity index (χ1) is 10.2. The Morgan fingerprint density at radius 3 is 2.67 bits per heavy atom. The Morgan fingerprint density at radius 1 is 1.19 bits per heavy atom. The molecule has 3 nitrogen and oxygen atoms in total. The minimum atomic E-state index is 0.473. The minimum absolute atomic E-state index is 0.473. The Morgan fingerprint density at radius 2 is 2.00 bits per heavy atom. The van der Waals surface area contributed by atoms with E-state index in [-0.39, 0.29) is 0 Å². The van der Waals surface area contributed by atoms with Gasteiger partial charge in [0.2, 0.25) is 0 Å². The molecule has 0 aliphatic rings. The maximum Gasteiger partial charge on any atom is 0.0522 e. The third kappa shape index (κ3) is 5.01. The molecule has 3 heteroatoms. The number of nitrogens with one attached hydrogen (secondary N) is 1. The standard InChI is InChI=1S/C18H27N3/c1-4-9-19-18(11-16-8-6-7-15(3)10-16)12-17-13-20-21(5-2)14-17/h6-8,10,13-14,18-19H,4-5,9,11-12H2,1-3H3. The smallest absolute Gasteiger partial charge is 0.0522 e. The van der Waals surface area contributed by atoms with E-state index in [9.17, 15) is 0 Å². The summed E-state index contributed by atoms with van der Waals surface area (Å²) >= 11 is 0. The molecule has 114 valence electrons. The Bertz CT molecular complexity index is 545. The van der Waals surface area contributed by atoms with Crippen LogP contribution in [-0.2, 0) is 19.4 Å². The van der Waals surface area contributed by atoms with Crippen molar-refractivity contribution in [3.8, 4) is 0 Å². The highest BCUT2D eigenvalue weighted by atomic mass is 15.3. The second-order valence-electron chi connectivity index (χ2n) is 5.75. The lowest BCUT2D eigenvalue weighted by molar-refractivity contribution is 0.504. The van der Waals surface area contributed by atoms with E-state index in [4.69, 9.17) is 0 Å². The predicted molar refractivity (Wildman–Crippen MR) is 88.6 cm³/mol. The van der Waals surface area contributed by atoms with Crippen molar-refractivity contribution in [3.05, 3.63) is 53.3 Å². The molecule has 2 rings (SSSR count). The van der Waals surface area contributed by atoms with Crippen molar-refractivity contribution in [2.75, 3.05) is 6.54 Å². The van der Waals surface area contributed by atoms with Crippen LogP contribution in [0.1, 0.15) is 37.0 Å². The predicted octanol–water partition coefficient (Wildman–Crippen LogP) is 3.36. The molecule has 0 spiro atoms. The molecule has 2 aromatic rings. The van der Waals surface area contributed by atoms with Crippen LogP contribution in [0.3, 0.4) is 0 Å². The van der Waals surface area contributed by atoms with Gasteiger partial charge in [0, 0.05) is 18.8 Å². The van der Waals surface area contributed by atoms with Crippen LogP contribution in [0.4, 0.5) is 0 Å². The van der Waals surface area contributed by atoms with Gasteiger partial charge in [0.25, 0.3) is 0 Å². The van der Waals surface area contributed by atoms with E-state index in [0.29, 0.717) is 6.04 Å². The molecule has 0 amide bonds. The molecule has 0 bridgehead atoms. The molecule has 1 atom stereocenters. The largest absolute Gasteiger partial charge is 0.313 e. The van der Waals surface area contributed by atoms with E-state index < -0.39 is 0 Å². The monoisotopic (exact) mass is 285 g/mol. The van der Waals surface area contributed by atoms with Crippen LogP contribution < -0.4 is 5.32 Å². The molecule has 0 saturated heterocycles. The average Bonchev–Trinajstić information content (AvgIpc) is 2.92. The summed E-state index contributed by atoms with van der Waals surface area (Å²) in [5, 5.41) is 8.05. The van der Waals surface area contributed by atoms with Crippen molar-refractivity contribution >= 4 is 0 Å². The Labute approximate surface area is 128 Å². The summed E-state index contributed by atoms with van der Waals surface area (Å²) in [5.41, 5.74) is 4.06. The molecular weight excluding hydrogens is 258 g/mol. The van der Waals surface area contributed by atoms with Crippen molar-refractivity contribution in [1.29, 1.82) is 0 Å².